The van der Waals surface area contributed by atoms with Gasteiger partial charge in [-0.25, -0.2) is 0 Å². The van der Waals surface area contributed by atoms with Gasteiger partial charge in [-0.05, 0) is 12.3 Å². The summed E-state index contributed by atoms with van der Waals surface area (Å²) in [6, 6.07) is 0. The molecular formula is C2Ni2O6. The molecule has 0 unspecified atom stereocenters. The van der Waals surface area contributed by atoms with Crippen LogP contribution >= 0.6 is 0 Å². The molecule has 0 aliphatic heterocycles. The maximum absolute atomic E-state index is 8.33. The summed E-state index contributed by atoms with van der Waals surface area (Å²) in [5.74, 6) is 0. The molecule has 0 spiro atoms. The van der Waals surface area contributed by atoms with Gasteiger partial charge in [-0.15, -0.1) is 0 Å². The molecule has 0 aromatic rings. The van der Waals surface area contributed by atoms with Crippen LogP contribution in [-0.4, -0.2) is 12.3 Å². The van der Waals surface area contributed by atoms with Gasteiger partial charge in [0.2, 0.25) is 0 Å². The molecule has 8 heteroatoms. The Kier molecular flexibility index (Phi) is 35.9. The van der Waals surface area contributed by atoms with Gasteiger partial charge in [-0.2, -0.15) is 0 Å². The van der Waals surface area contributed by atoms with Crippen molar-refractivity contribution in [2.75, 3.05) is 0 Å². The van der Waals surface area contributed by atoms with Gasteiger partial charge in [0, 0.05) is 0 Å². The second kappa shape index (κ2) is 15.8. The van der Waals surface area contributed by atoms with E-state index in [1.54, 1.807) is 0 Å². The van der Waals surface area contributed by atoms with Crippen LogP contribution in [0.3, 0.4) is 0 Å². The molecule has 10 heavy (non-hydrogen) atoms. The van der Waals surface area contributed by atoms with E-state index in [0.29, 0.717) is 0 Å². The van der Waals surface area contributed by atoms with Gasteiger partial charge in [0.1, 0.15) is 0 Å². The molecule has 0 radical (unpaired) electrons. The zero-order chi connectivity index (χ0) is 7.15. The van der Waals surface area contributed by atoms with Crippen molar-refractivity contribution in [3.8, 4) is 0 Å². The number of carbonyl (C=O) groups is 2. The fraction of sp³-hybridized carbons (Fsp3) is 0. The Hall–Kier alpha value is -0.473. The molecule has 64 valence electrons. The Morgan fingerprint density at radius 1 is 0.700 bits per heavy atom. The van der Waals surface area contributed by atoms with Crippen LogP contribution in [0.5, 0.6) is 0 Å². The fourth-order valence-electron chi connectivity index (χ4n) is 0. The van der Waals surface area contributed by atoms with Crippen LogP contribution in [0.1, 0.15) is 0 Å². The van der Waals surface area contributed by atoms with E-state index in [4.69, 9.17) is 30.0 Å². The first-order valence-electron chi connectivity index (χ1n) is 1.22. The van der Waals surface area contributed by atoms with Crippen molar-refractivity contribution in [2.24, 2.45) is 0 Å². The number of carbonyl (C=O) groups excluding carboxylic acids is 2. The second-order valence-electron chi connectivity index (χ2n) is 0.500. The van der Waals surface area contributed by atoms with Crippen LogP contribution in [0.4, 0.5) is 9.59 Å². The maximum Gasteiger partial charge on any atom is 2.00 e. The quantitative estimate of drug-likeness (QED) is 0.389. The molecule has 0 fully saturated rings. The molecule has 0 atom stereocenters. The van der Waals surface area contributed by atoms with E-state index in [2.05, 4.69) is 0 Å². The van der Waals surface area contributed by atoms with E-state index in [1.807, 2.05) is 0 Å². The third-order valence-electron chi connectivity index (χ3n) is 0. The summed E-state index contributed by atoms with van der Waals surface area (Å²) in [6.45, 7) is 0. The van der Waals surface area contributed by atoms with Crippen LogP contribution in [0.15, 0.2) is 0 Å². The van der Waals surface area contributed by atoms with Crippen molar-refractivity contribution in [3.05, 3.63) is 0 Å². The Morgan fingerprint density at radius 3 is 0.700 bits per heavy atom. The first kappa shape index (κ1) is 22.7. The van der Waals surface area contributed by atoms with Gasteiger partial charge in [-0.3, -0.25) is 0 Å². The van der Waals surface area contributed by atoms with Gasteiger partial charge in [0.05, 0.1) is 0 Å². The van der Waals surface area contributed by atoms with E-state index in [-0.39, 0.29) is 33.0 Å². The van der Waals surface area contributed by atoms with Gasteiger partial charge >= 0.3 is 33.0 Å². The Labute approximate surface area is 75.7 Å². The summed E-state index contributed by atoms with van der Waals surface area (Å²) >= 11 is 0. The van der Waals surface area contributed by atoms with E-state index < -0.39 is 12.3 Å². The first-order valence-corrected chi connectivity index (χ1v) is 1.22. The molecule has 0 rings (SSSR count). The largest absolute Gasteiger partial charge is 2.00 e. The molecule has 0 saturated carbocycles. The third-order valence-corrected chi connectivity index (χ3v) is 0. The monoisotopic (exact) mass is 236 g/mol. The number of rotatable bonds is 0. The third kappa shape index (κ3) is 1430. The van der Waals surface area contributed by atoms with Gasteiger partial charge in [0.15, 0.2) is 0 Å². The molecule has 6 nitrogen and oxygen atoms in total. The van der Waals surface area contributed by atoms with Crippen molar-refractivity contribution < 1.29 is 63.0 Å². The number of carboxylic acid groups (broad SMARTS) is 4. The zero-order valence-electron chi connectivity index (χ0n) is 4.08. The van der Waals surface area contributed by atoms with Crippen molar-refractivity contribution in [1.82, 2.24) is 0 Å². The summed E-state index contributed by atoms with van der Waals surface area (Å²) in [5.41, 5.74) is 0. The summed E-state index contributed by atoms with van der Waals surface area (Å²) in [5, 5.41) is 33.3. The normalized spacial score (nSPS) is 4.80. The smallest absolute Gasteiger partial charge is 0.652 e. The summed E-state index contributed by atoms with van der Waals surface area (Å²) < 4.78 is 0. The summed E-state index contributed by atoms with van der Waals surface area (Å²) in [6.07, 6.45) is -4.67. The van der Waals surface area contributed by atoms with E-state index in [0.717, 1.165) is 0 Å². The molecule has 0 bridgehead atoms. The van der Waals surface area contributed by atoms with Gasteiger partial charge in [0.25, 0.3) is 0 Å². The Morgan fingerprint density at radius 2 is 0.700 bits per heavy atom. The number of hydrogen-bond donors (Lipinski definition) is 0. The average Bonchev–Trinajstić information content (AvgIpc) is 1.25. The SMILES string of the molecule is O=C([O-])[O-].O=C([O-])[O-].[Ni+2].[Ni+2]. The van der Waals surface area contributed by atoms with Crippen molar-refractivity contribution >= 4 is 12.3 Å². The zero-order valence-corrected chi connectivity index (χ0v) is 6.06. The minimum absolute atomic E-state index is 0. The molecule has 0 aliphatic rings. The summed E-state index contributed by atoms with van der Waals surface area (Å²) in [7, 11) is 0. The Balaban J connectivity index is -0.0000000300. The van der Waals surface area contributed by atoms with E-state index in [1.165, 1.54) is 0 Å². The van der Waals surface area contributed by atoms with Crippen molar-refractivity contribution in [3.63, 3.8) is 0 Å². The standard InChI is InChI=1S/2CH2O3.2Ni/c2*2-1(3)4;;/h2*(H2,2,3,4);;/q;;2*+2/p-4. The predicted octanol–water partition coefficient (Wildman–Crippen LogP) is -4.90. The molecule has 0 aromatic heterocycles. The Bertz CT molecular complexity index is 71.7. The van der Waals surface area contributed by atoms with E-state index in [9.17, 15) is 0 Å². The molecule has 0 aliphatic carbocycles. The topological polar surface area (TPSA) is 126 Å². The van der Waals surface area contributed by atoms with Crippen LogP contribution < -0.4 is 20.4 Å². The van der Waals surface area contributed by atoms with Crippen molar-refractivity contribution in [2.45, 2.75) is 0 Å². The minimum Gasteiger partial charge on any atom is -0.652 e. The van der Waals surface area contributed by atoms with Crippen LogP contribution in [0.25, 0.3) is 0 Å². The van der Waals surface area contributed by atoms with Crippen molar-refractivity contribution in [1.29, 1.82) is 0 Å². The number of hydrogen-bond acceptors (Lipinski definition) is 6. The average molecular weight is 237 g/mol. The summed E-state index contributed by atoms with van der Waals surface area (Å²) in [4.78, 5) is 16.7. The van der Waals surface area contributed by atoms with Gasteiger partial charge in [-0.1, -0.05) is 0 Å². The molecule has 0 aromatic carbocycles. The fourth-order valence-corrected chi connectivity index (χ4v) is 0. The van der Waals surface area contributed by atoms with Crippen LogP contribution in [-0.2, 0) is 33.0 Å². The minimum atomic E-state index is -2.33. The van der Waals surface area contributed by atoms with Gasteiger partial charge < -0.3 is 30.0 Å². The van der Waals surface area contributed by atoms with E-state index >= 15 is 0 Å². The molecule has 0 heterocycles. The molecule has 0 amide bonds. The maximum atomic E-state index is 8.33. The molecular weight excluding hydrogens is 237 g/mol. The first-order chi connectivity index (χ1) is 3.46. The second-order valence-corrected chi connectivity index (χ2v) is 0.500. The molecule has 0 N–H and O–H groups in total. The van der Waals surface area contributed by atoms with Crippen LogP contribution in [0.2, 0.25) is 0 Å². The predicted molar refractivity (Wildman–Crippen MR) is 10.8 cm³/mol. The molecule has 0 saturated heterocycles. The van der Waals surface area contributed by atoms with Crippen LogP contribution in [0, 0.1) is 0 Å².